The summed E-state index contributed by atoms with van der Waals surface area (Å²) in [5, 5.41) is 2.87. The Bertz CT molecular complexity index is 987. The van der Waals surface area contributed by atoms with Gasteiger partial charge in [0.15, 0.2) is 0 Å². The number of piperazine rings is 1. The fraction of sp³-hybridized carbons (Fsp3) is 0.375. The lowest BCUT2D eigenvalue weighted by atomic mass is 10.1. The Hall–Kier alpha value is -3.23. The second kappa shape index (κ2) is 9.93. The van der Waals surface area contributed by atoms with Crippen LogP contribution >= 0.6 is 0 Å². The first kappa shape index (κ1) is 22.0. The monoisotopic (exact) mass is 436 g/mol. The van der Waals surface area contributed by atoms with E-state index < -0.39 is 0 Å². The molecule has 2 aliphatic heterocycles. The van der Waals surface area contributed by atoms with E-state index in [1.807, 2.05) is 18.2 Å². The molecule has 2 aromatic rings. The lowest BCUT2D eigenvalue weighted by Crippen LogP contribution is -2.49. The van der Waals surface area contributed by atoms with E-state index in [9.17, 15) is 14.4 Å². The molecule has 1 N–H and O–H groups in total. The highest BCUT2D eigenvalue weighted by molar-refractivity contribution is 6.21. The Morgan fingerprint density at radius 2 is 1.69 bits per heavy atom. The molecule has 0 radical (unpaired) electrons. The molecule has 8 nitrogen and oxygen atoms in total. The summed E-state index contributed by atoms with van der Waals surface area (Å²) in [6.07, 6.45) is 0.585. The van der Waals surface area contributed by atoms with Crippen molar-refractivity contribution in [2.45, 2.75) is 13.0 Å². The van der Waals surface area contributed by atoms with Crippen LogP contribution in [0.3, 0.4) is 0 Å². The van der Waals surface area contributed by atoms with Crippen molar-refractivity contribution in [3.05, 3.63) is 65.2 Å². The number of hydrogen-bond acceptors (Lipinski definition) is 5. The number of carbonyl (C=O) groups is 3. The van der Waals surface area contributed by atoms with E-state index in [4.69, 9.17) is 4.74 Å². The highest BCUT2D eigenvalue weighted by Gasteiger charge is 2.35. The number of benzene rings is 2. The third-order valence-corrected chi connectivity index (χ3v) is 5.86. The van der Waals surface area contributed by atoms with E-state index in [0.717, 1.165) is 19.6 Å². The van der Waals surface area contributed by atoms with Crippen molar-refractivity contribution in [2.75, 3.05) is 51.8 Å². The van der Waals surface area contributed by atoms with Crippen molar-refractivity contribution in [3.8, 4) is 0 Å². The molecule has 168 valence electrons. The van der Waals surface area contributed by atoms with Crippen molar-refractivity contribution in [1.29, 1.82) is 0 Å². The van der Waals surface area contributed by atoms with Gasteiger partial charge in [0.05, 0.1) is 11.1 Å². The maximum absolute atomic E-state index is 12.7. The Labute approximate surface area is 187 Å². The van der Waals surface area contributed by atoms with Crippen LogP contribution in [0.1, 0.15) is 32.7 Å². The minimum atomic E-state index is -0.327. The molecule has 0 aromatic heterocycles. The number of fused-ring (bicyclic) bond motifs is 1. The van der Waals surface area contributed by atoms with Crippen molar-refractivity contribution in [3.63, 3.8) is 0 Å². The fourth-order valence-corrected chi connectivity index (χ4v) is 4.09. The molecule has 8 heteroatoms. The smallest absolute Gasteiger partial charge is 0.321 e. The van der Waals surface area contributed by atoms with Crippen LogP contribution in [0.5, 0.6) is 0 Å². The number of ether oxygens (including phenoxy) is 1. The van der Waals surface area contributed by atoms with Gasteiger partial charge in [-0.25, -0.2) is 4.79 Å². The first-order valence-electron chi connectivity index (χ1n) is 10.9. The summed E-state index contributed by atoms with van der Waals surface area (Å²) in [4.78, 5) is 43.3. The number of nitrogens with one attached hydrogen (secondary N) is 1. The van der Waals surface area contributed by atoms with Crippen LogP contribution in [-0.4, -0.2) is 79.0 Å². The summed E-state index contributed by atoms with van der Waals surface area (Å²) in [6, 6.07) is 15.0. The molecule has 0 atom stereocenters. The van der Waals surface area contributed by atoms with E-state index in [1.165, 1.54) is 10.5 Å². The lowest BCUT2D eigenvalue weighted by molar-refractivity contribution is 0.0638. The number of carbonyl (C=O) groups excluding carboxylic acids is 3. The van der Waals surface area contributed by atoms with Gasteiger partial charge in [-0.15, -0.1) is 0 Å². The summed E-state index contributed by atoms with van der Waals surface area (Å²) in [5.41, 5.74) is 2.48. The first-order valence-corrected chi connectivity index (χ1v) is 10.9. The molecule has 2 aromatic carbocycles. The number of nitrogens with zero attached hydrogens (tertiary/aromatic N) is 3. The number of anilines is 1. The third kappa shape index (κ3) is 4.81. The molecule has 0 bridgehead atoms. The number of imide groups is 1. The van der Waals surface area contributed by atoms with E-state index >= 15 is 0 Å². The van der Waals surface area contributed by atoms with Crippen LogP contribution < -0.4 is 5.32 Å². The highest BCUT2D eigenvalue weighted by atomic mass is 16.5. The molecule has 0 unspecified atom stereocenters. The Balaban J connectivity index is 1.32. The van der Waals surface area contributed by atoms with E-state index in [0.29, 0.717) is 49.5 Å². The molecule has 0 aliphatic carbocycles. The molecule has 2 aliphatic rings. The summed E-state index contributed by atoms with van der Waals surface area (Å²) in [6.45, 7) is 4.54. The molecular formula is C24H28N4O4. The second-order valence-electron chi connectivity index (χ2n) is 8.05. The van der Waals surface area contributed by atoms with Crippen molar-refractivity contribution in [1.82, 2.24) is 14.7 Å². The number of rotatable bonds is 7. The Kier molecular flexibility index (Phi) is 6.82. The minimum absolute atomic E-state index is 0.196. The minimum Gasteiger partial charge on any atom is -0.385 e. The SMILES string of the molecule is COCCCN1C(=O)c2ccc(NC(=O)N3CCN(Cc4ccccc4)CC3)cc2C1=O. The van der Waals surface area contributed by atoms with Gasteiger partial charge in [0.25, 0.3) is 11.8 Å². The molecule has 2 heterocycles. The Morgan fingerprint density at radius 3 is 2.41 bits per heavy atom. The van der Waals surface area contributed by atoms with Crippen LogP contribution in [0.2, 0.25) is 0 Å². The van der Waals surface area contributed by atoms with Crippen LogP contribution in [0.4, 0.5) is 10.5 Å². The maximum Gasteiger partial charge on any atom is 0.321 e. The van der Waals surface area contributed by atoms with Gasteiger partial charge < -0.3 is 15.0 Å². The summed E-state index contributed by atoms with van der Waals surface area (Å²) in [5.74, 6) is -0.625. The predicted molar refractivity (Wildman–Crippen MR) is 121 cm³/mol. The third-order valence-electron chi connectivity index (χ3n) is 5.86. The topological polar surface area (TPSA) is 82.2 Å². The Morgan fingerprint density at radius 1 is 0.969 bits per heavy atom. The van der Waals surface area contributed by atoms with E-state index in [1.54, 1.807) is 30.2 Å². The molecule has 32 heavy (non-hydrogen) atoms. The average Bonchev–Trinajstić information content (AvgIpc) is 3.04. The molecule has 4 amide bonds. The summed E-state index contributed by atoms with van der Waals surface area (Å²) >= 11 is 0. The van der Waals surface area contributed by atoms with Gasteiger partial charge in [-0.3, -0.25) is 19.4 Å². The normalized spacial score (nSPS) is 16.4. The van der Waals surface area contributed by atoms with E-state index in [2.05, 4.69) is 22.3 Å². The highest BCUT2D eigenvalue weighted by Crippen LogP contribution is 2.26. The average molecular weight is 437 g/mol. The van der Waals surface area contributed by atoms with Crippen LogP contribution in [-0.2, 0) is 11.3 Å². The summed E-state index contributed by atoms with van der Waals surface area (Å²) < 4.78 is 5.00. The molecule has 1 saturated heterocycles. The largest absolute Gasteiger partial charge is 0.385 e. The quantitative estimate of drug-likeness (QED) is 0.533. The zero-order valence-electron chi connectivity index (χ0n) is 18.3. The first-order chi connectivity index (χ1) is 15.6. The zero-order chi connectivity index (χ0) is 22.5. The molecule has 1 fully saturated rings. The van der Waals surface area contributed by atoms with Crippen LogP contribution in [0.15, 0.2) is 48.5 Å². The number of amides is 4. The number of methoxy groups -OCH3 is 1. The van der Waals surface area contributed by atoms with Gasteiger partial charge in [-0.05, 0) is 30.2 Å². The van der Waals surface area contributed by atoms with Gasteiger partial charge in [-0.1, -0.05) is 30.3 Å². The predicted octanol–water partition coefficient (Wildman–Crippen LogP) is 2.67. The van der Waals surface area contributed by atoms with Gasteiger partial charge in [0, 0.05) is 58.7 Å². The number of urea groups is 1. The van der Waals surface area contributed by atoms with Crippen molar-refractivity contribution >= 4 is 23.5 Å². The van der Waals surface area contributed by atoms with Crippen molar-refractivity contribution < 1.29 is 19.1 Å². The standard InChI is InChI=1S/C24H28N4O4/c1-32-15-5-10-28-22(29)20-9-8-19(16-21(20)23(28)30)25-24(31)27-13-11-26(12-14-27)17-18-6-3-2-4-7-18/h2-4,6-9,16H,5,10-15,17H2,1H3,(H,25,31). The second-order valence-corrected chi connectivity index (χ2v) is 8.05. The van der Waals surface area contributed by atoms with Crippen LogP contribution in [0.25, 0.3) is 0 Å². The zero-order valence-corrected chi connectivity index (χ0v) is 18.3. The van der Waals surface area contributed by atoms with Gasteiger partial charge >= 0.3 is 6.03 Å². The number of hydrogen-bond donors (Lipinski definition) is 1. The van der Waals surface area contributed by atoms with E-state index in [-0.39, 0.29) is 17.8 Å². The molecule has 0 spiro atoms. The van der Waals surface area contributed by atoms with Crippen LogP contribution in [0, 0.1) is 0 Å². The fourth-order valence-electron chi connectivity index (χ4n) is 4.09. The van der Waals surface area contributed by atoms with Crippen molar-refractivity contribution in [2.24, 2.45) is 0 Å². The molecule has 0 saturated carbocycles. The molecular weight excluding hydrogens is 408 g/mol. The van der Waals surface area contributed by atoms with Gasteiger partial charge in [0.2, 0.25) is 0 Å². The van der Waals surface area contributed by atoms with Gasteiger partial charge in [-0.2, -0.15) is 0 Å². The summed E-state index contributed by atoms with van der Waals surface area (Å²) in [7, 11) is 1.58. The van der Waals surface area contributed by atoms with Gasteiger partial charge in [0.1, 0.15) is 0 Å². The molecule has 4 rings (SSSR count). The maximum atomic E-state index is 12.7. The lowest BCUT2D eigenvalue weighted by Gasteiger charge is -2.34.